The van der Waals surface area contributed by atoms with Crippen LogP contribution in [0, 0.1) is 0 Å². The average Bonchev–Trinajstić information content (AvgIpc) is 2.57. The van der Waals surface area contributed by atoms with Gasteiger partial charge >= 0.3 is 6.36 Å². The van der Waals surface area contributed by atoms with E-state index in [9.17, 15) is 13.2 Å². The molecule has 1 aliphatic rings. The predicted molar refractivity (Wildman–Crippen MR) is 100 cm³/mol. The minimum Gasteiger partial charge on any atom is -0.406 e. The van der Waals surface area contributed by atoms with Crippen molar-refractivity contribution in [3.8, 4) is 5.75 Å². The van der Waals surface area contributed by atoms with Gasteiger partial charge in [-0.15, -0.1) is 38.0 Å². The molecule has 8 heteroatoms. The molecule has 1 fully saturated rings. The van der Waals surface area contributed by atoms with Crippen molar-refractivity contribution >= 4 is 24.8 Å². The molecular weight excluding hydrogens is 388 g/mol. The third kappa shape index (κ3) is 6.06. The summed E-state index contributed by atoms with van der Waals surface area (Å²) in [4.78, 5) is 2.34. The molecule has 1 saturated heterocycles. The first-order valence-electron chi connectivity index (χ1n) is 7.88. The van der Waals surface area contributed by atoms with Crippen molar-refractivity contribution in [3.05, 3.63) is 65.7 Å². The van der Waals surface area contributed by atoms with Crippen LogP contribution in [0.1, 0.15) is 17.2 Å². The number of nitrogens with one attached hydrogen (secondary N) is 1. The Morgan fingerprint density at radius 3 is 1.92 bits per heavy atom. The van der Waals surface area contributed by atoms with Crippen molar-refractivity contribution in [2.75, 3.05) is 26.2 Å². The third-order valence-corrected chi connectivity index (χ3v) is 4.06. The van der Waals surface area contributed by atoms with E-state index in [-0.39, 0.29) is 36.6 Å². The molecule has 2 aromatic rings. The lowest BCUT2D eigenvalue weighted by molar-refractivity contribution is -0.274. The zero-order valence-electron chi connectivity index (χ0n) is 13.9. The van der Waals surface area contributed by atoms with Gasteiger partial charge in [0.15, 0.2) is 0 Å². The lowest BCUT2D eigenvalue weighted by atomic mass is 9.96. The molecule has 0 saturated carbocycles. The van der Waals surface area contributed by atoms with Crippen molar-refractivity contribution in [1.82, 2.24) is 10.2 Å². The minimum absolute atomic E-state index is 0. The van der Waals surface area contributed by atoms with Crippen LogP contribution in [0.15, 0.2) is 54.6 Å². The van der Waals surface area contributed by atoms with Crippen LogP contribution in [0.5, 0.6) is 5.75 Å². The van der Waals surface area contributed by atoms with Gasteiger partial charge in [0.25, 0.3) is 0 Å². The number of alkyl halides is 3. The Kier molecular flexibility index (Phi) is 8.70. The van der Waals surface area contributed by atoms with Gasteiger partial charge < -0.3 is 10.1 Å². The van der Waals surface area contributed by atoms with Crippen LogP contribution in [0.25, 0.3) is 0 Å². The normalized spacial score (nSPS) is 16.1. The molecule has 0 unspecified atom stereocenters. The molecule has 1 aliphatic heterocycles. The Balaban J connectivity index is 0.00000169. The molecule has 0 spiro atoms. The van der Waals surface area contributed by atoms with E-state index in [4.69, 9.17) is 0 Å². The summed E-state index contributed by atoms with van der Waals surface area (Å²) >= 11 is 0. The van der Waals surface area contributed by atoms with E-state index >= 15 is 0 Å². The Morgan fingerprint density at radius 1 is 0.846 bits per heavy atom. The van der Waals surface area contributed by atoms with Gasteiger partial charge in [-0.1, -0.05) is 42.5 Å². The second-order valence-corrected chi connectivity index (χ2v) is 5.72. The molecule has 0 radical (unpaired) electrons. The molecule has 1 atom stereocenters. The number of halogens is 5. The van der Waals surface area contributed by atoms with Gasteiger partial charge in [-0.3, -0.25) is 4.90 Å². The fourth-order valence-corrected chi connectivity index (χ4v) is 3.04. The fourth-order valence-electron chi connectivity index (χ4n) is 3.04. The van der Waals surface area contributed by atoms with Crippen LogP contribution < -0.4 is 10.1 Å². The van der Waals surface area contributed by atoms with E-state index in [1.807, 2.05) is 30.3 Å². The Bertz CT molecular complexity index is 648. The molecular formula is C18H21Cl2F3N2O. The predicted octanol–water partition coefficient (Wildman–Crippen LogP) is 4.42. The molecule has 1 heterocycles. The van der Waals surface area contributed by atoms with E-state index in [2.05, 4.69) is 15.0 Å². The van der Waals surface area contributed by atoms with Crippen molar-refractivity contribution in [1.29, 1.82) is 0 Å². The number of piperazine rings is 1. The monoisotopic (exact) mass is 408 g/mol. The number of hydrogen-bond donors (Lipinski definition) is 1. The number of ether oxygens (including phenoxy) is 1. The molecule has 144 valence electrons. The lowest BCUT2D eigenvalue weighted by Gasteiger charge is -2.35. The van der Waals surface area contributed by atoms with E-state index in [1.165, 1.54) is 12.1 Å². The summed E-state index contributed by atoms with van der Waals surface area (Å²) in [6, 6.07) is 16.2. The first kappa shape index (κ1) is 22.6. The van der Waals surface area contributed by atoms with Gasteiger partial charge in [0.1, 0.15) is 5.75 Å². The van der Waals surface area contributed by atoms with Gasteiger partial charge in [0.05, 0.1) is 6.04 Å². The summed E-state index contributed by atoms with van der Waals surface area (Å²) in [5.74, 6) is -0.196. The molecule has 0 aromatic heterocycles. The number of rotatable bonds is 4. The smallest absolute Gasteiger partial charge is 0.406 e. The average molecular weight is 409 g/mol. The van der Waals surface area contributed by atoms with E-state index in [0.29, 0.717) is 0 Å². The van der Waals surface area contributed by atoms with Crippen LogP contribution in [-0.4, -0.2) is 37.4 Å². The van der Waals surface area contributed by atoms with Crippen LogP contribution in [0.4, 0.5) is 13.2 Å². The molecule has 0 aliphatic carbocycles. The summed E-state index contributed by atoms with van der Waals surface area (Å²) in [5.41, 5.74) is 2.08. The maximum atomic E-state index is 12.3. The maximum absolute atomic E-state index is 12.3. The van der Waals surface area contributed by atoms with Crippen LogP contribution in [-0.2, 0) is 0 Å². The van der Waals surface area contributed by atoms with Gasteiger partial charge in [-0.25, -0.2) is 0 Å². The second-order valence-electron chi connectivity index (χ2n) is 5.72. The molecule has 0 bridgehead atoms. The molecule has 2 aromatic carbocycles. The SMILES string of the molecule is Cl.Cl.FC(F)(F)Oc1ccc([C@@H](c2ccccc2)N2CCNCC2)cc1. The molecule has 3 rings (SSSR count). The van der Waals surface area contributed by atoms with E-state index in [1.54, 1.807) is 12.1 Å². The summed E-state index contributed by atoms with van der Waals surface area (Å²) in [6.07, 6.45) is -4.67. The largest absolute Gasteiger partial charge is 0.573 e. The molecule has 3 nitrogen and oxygen atoms in total. The second kappa shape index (κ2) is 10.0. The molecule has 0 amide bonds. The molecule has 26 heavy (non-hydrogen) atoms. The highest BCUT2D eigenvalue weighted by atomic mass is 35.5. The number of benzene rings is 2. The maximum Gasteiger partial charge on any atom is 0.573 e. The van der Waals surface area contributed by atoms with Crippen molar-refractivity contribution in [2.24, 2.45) is 0 Å². The zero-order chi connectivity index (χ0) is 17.0. The zero-order valence-corrected chi connectivity index (χ0v) is 15.5. The van der Waals surface area contributed by atoms with E-state index < -0.39 is 6.36 Å². The minimum atomic E-state index is -4.67. The number of hydrogen-bond acceptors (Lipinski definition) is 3. The van der Waals surface area contributed by atoms with Crippen LogP contribution in [0.3, 0.4) is 0 Å². The van der Waals surface area contributed by atoms with Crippen LogP contribution in [0.2, 0.25) is 0 Å². The van der Waals surface area contributed by atoms with Gasteiger partial charge in [0.2, 0.25) is 0 Å². The fraction of sp³-hybridized carbons (Fsp3) is 0.333. The van der Waals surface area contributed by atoms with Crippen LogP contribution >= 0.6 is 24.8 Å². The molecule has 1 N–H and O–H groups in total. The quantitative estimate of drug-likeness (QED) is 0.809. The highest BCUT2D eigenvalue weighted by molar-refractivity contribution is 5.85. The van der Waals surface area contributed by atoms with Crippen molar-refractivity contribution in [2.45, 2.75) is 12.4 Å². The van der Waals surface area contributed by atoms with Crippen molar-refractivity contribution in [3.63, 3.8) is 0 Å². The summed E-state index contributed by atoms with van der Waals surface area (Å²) in [7, 11) is 0. The van der Waals surface area contributed by atoms with Gasteiger partial charge in [-0.2, -0.15) is 0 Å². The standard InChI is InChI=1S/C18H19F3N2O.2ClH/c19-18(20,21)24-16-8-6-15(7-9-16)17(14-4-2-1-3-5-14)23-12-10-22-11-13-23;;/h1-9,17,22H,10-13H2;2*1H/t17-;;/m1../s1. The Hall–Kier alpha value is -1.47. The van der Waals surface area contributed by atoms with Gasteiger partial charge in [-0.05, 0) is 23.3 Å². The topological polar surface area (TPSA) is 24.5 Å². The Labute approximate surface area is 163 Å². The lowest BCUT2D eigenvalue weighted by Crippen LogP contribution is -2.45. The van der Waals surface area contributed by atoms with Crippen molar-refractivity contribution < 1.29 is 17.9 Å². The summed E-state index contributed by atoms with van der Waals surface area (Å²) < 4.78 is 40.9. The highest BCUT2D eigenvalue weighted by Gasteiger charge is 2.31. The first-order chi connectivity index (χ1) is 11.5. The van der Waals surface area contributed by atoms with E-state index in [0.717, 1.165) is 37.3 Å². The number of nitrogens with zero attached hydrogens (tertiary/aromatic N) is 1. The summed E-state index contributed by atoms with van der Waals surface area (Å²) in [5, 5.41) is 3.32. The first-order valence-corrected chi connectivity index (χ1v) is 7.88. The Morgan fingerprint density at radius 2 is 1.38 bits per heavy atom. The third-order valence-electron chi connectivity index (χ3n) is 4.06. The highest BCUT2D eigenvalue weighted by Crippen LogP contribution is 2.31. The summed E-state index contributed by atoms with van der Waals surface area (Å²) in [6.45, 7) is 3.58. The van der Waals surface area contributed by atoms with Gasteiger partial charge in [0, 0.05) is 26.2 Å².